The van der Waals surface area contributed by atoms with Gasteiger partial charge in [-0.3, -0.25) is 0 Å². The van der Waals surface area contributed by atoms with Crippen LogP contribution in [0.15, 0.2) is 41.7 Å². The van der Waals surface area contributed by atoms with Crippen molar-refractivity contribution in [2.75, 3.05) is 0 Å². The largest absolute Gasteiger partial charge is 0.478 e. The number of carboxylic acids is 1. The zero-order chi connectivity index (χ0) is 13.8. The van der Waals surface area contributed by atoms with E-state index in [0.717, 1.165) is 16.3 Å². The van der Waals surface area contributed by atoms with Gasteiger partial charge in [-0.05, 0) is 32.0 Å². The smallest absolute Gasteiger partial charge is 0.335 e. The van der Waals surface area contributed by atoms with Gasteiger partial charge in [-0.2, -0.15) is 0 Å². The molecule has 0 aliphatic carbocycles. The fourth-order valence-electron chi connectivity index (χ4n) is 1.78. The second-order valence-corrected chi connectivity index (χ2v) is 5.56. The van der Waals surface area contributed by atoms with Crippen molar-refractivity contribution in [1.82, 2.24) is 9.55 Å². The van der Waals surface area contributed by atoms with Gasteiger partial charge in [0.05, 0.1) is 11.9 Å². The summed E-state index contributed by atoms with van der Waals surface area (Å²) < 4.78 is 2.12. The van der Waals surface area contributed by atoms with Crippen LogP contribution < -0.4 is 0 Å². The molecule has 0 spiro atoms. The first kappa shape index (κ1) is 13.7. The quantitative estimate of drug-likeness (QED) is 0.850. The summed E-state index contributed by atoms with van der Waals surface area (Å²) in [5, 5.41) is 8.95. The van der Waals surface area contributed by atoms with Crippen LogP contribution in [0.2, 0.25) is 0 Å². The van der Waals surface area contributed by atoms with Gasteiger partial charge in [0.1, 0.15) is 0 Å². The van der Waals surface area contributed by atoms with E-state index in [4.69, 9.17) is 5.11 Å². The number of rotatable bonds is 5. The highest BCUT2D eigenvalue weighted by molar-refractivity contribution is 7.98. The van der Waals surface area contributed by atoms with Crippen LogP contribution in [-0.2, 0) is 5.75 Å². The Labute approximate surface area is 116 Å². The second-order valence-electron chi connectivity index (χ2n) is 4.51. The molecule has 0 aliphatic heterocycles. The Morgan fingerprint density at radius 3 is 2.95 bits per heavy atom. The molecule has 5 heteroatoms. The Balaban J connectivity index is 2.08. The molecule has 1 aromatic carbocycles. The van der Waals surface area contributed by atoms with Gasteiger partial charge in [-0.25, -0.2) is 9.78 Å². The number of aromatic nitrogens is 2. The molecule has 19 heavy (non-hydrogen) atoms. The van der Waals surface area contributed by atoms with Gasteiger partial charge in [0.15, 0.2) is 0 Å². The van der Waals surface area contributed by atoms with Crippen LogP contribution in [0, 0.1) is 0 Å². The normalized spacial score (nSPS) is 10.9. The average molecular weight is 276 g/mol. The summed E-state index contributed by atoms with van der Waals surface area (Å²) in [6.07, 6.45) is 3.68. The predicted molar refractivity (Wildman–Crippen MR) is 75.6 cm³/mol. The Bertz CT molecular complexity index is 578. The third-order valence-electron chi connectivity index (χ3n) is 2.77. The van der Waals surface area contributed by atoms with Crippen molar-refractivity contribution in [3.05, 3.63) is 48.0 Å². The molecular weight excluding hydrogens is 260 g/mol. The van der Waals surface area contributed by atoms with Crippen molar-refractivity contribution in [3.8, 4) is 0 Å². The molecule has 2 rings (SSSR count). The van der Waals surface area contributed by atoms with E-state index >= 15 is 0 Å². The van der Waals surface area contributed by atoms with Crippen molar-refractivity contribution in [3.63, 3.8) is 0 Å². The maximum absolute atomic E-state index is 10.9. The van der Waals surface area contributed by atoms with Crippen LogP contribution >= 0.6 is 11.8 Å². The van der Waals surface area contributed by atoms with Crippen molar-refractivity contribution in [2.24, 2.45) is 0 Å². The SMILES string of the molecule is CC(C)n1cncc1CSc1cccc(C(=O)O)c1. The van der Waals surface area contributed by atoms with Crippen LogP contribution in [0.3, 0.4) is 0 Å². The molecule has 0 radical (unpaired) electrons. The molecule has 0 fully saturated rings. The first-order chi connectivity index (χ1) is 9.08. The number of hydrogen-bond donors (Lipinski definition) is 1. The topological polar surface area (TPSA) is 55.1 Å². The molecule has 1 aromatic heterocycles. The van der Waals surface area contributed by atoms with Crippen molar-refractivity contribution >= 4 is 17.7 Å². The van der Waals surface area contributed by atoms with Gasteiger partial charge in [-0.1, -0.05) is 6.07 Å². The number of benzene rings is 1. The molecule has 1 N–H and O–H groups in total. The van der Waals surface area contributed by atoms with E-state index in [9.17, 15) is 4.79 Å². The van der Waals surface area contributed by atoms with E-state index in [1.54, 1.807) is 30.0 Å². The molecule has 0 amide bonds. The maximum Gasteiger partial charge on any atom is 0.335 e. The number of imidazole rings is 1. The summed E-state index contributed by atoms with van der Waals surface area (Å²) >= 11 is 1.62. The lowest BCUT2D eigenvalue weighted by Gasteiger charge is -2.11. The van der Waals surface area contributed by atoms with E-state index in [2.05, 4.69) is 23.4 Å². The number of aromatic carboxylic acids is 1. The van der Waals surface area contributed by atoms with E-state index < -0.39 is 5.97 Å². The van der Waals surface area contributed by atoms with Crippen LogP contribution in [0.5, 0.6) is 0 Å². The lowest BCUT2D eigenvalue weighted by Crippen LogP contribution is -2.03. The van der Waals surface area contributed by atoms with Crippen molar-refractivity contribution in [1.29, 1.82) is 0 Å². The monoisotopic (exact) mass is 276 g/mol. The first-order valence-electron chi connectivity index (χ1n) is 6.05. The molecular formula is C14H16N2O2S. The minimum Gasteiger partial charge on any atom is -0.478 e. The Morgan fingerprint density at radius 1 is 1.47 bits per heavy atom. The Kier molecular flexibility index (Phi) is 4.27. The van der Waals surface area contributed by atoms with Gasteiger partial charge in [0, 0.05) is 28.6 Å². The van der Waals surface area contributed by atoms with E-state index in [-0.39, 0.29) is 0 Å². The Hall–Kier alpha value is -1.75. The van der Waals surface area contributed by atoms with Crippen LogP contribution in [0.1, 0.15) is 35.9 Å². The fraction of sp³-hybridized carbons (Fsp3) is 0.286. The number of hydrogen-bond acceptors (Lipinski definition) is 3. The summed E-state index contributed by atoms with van der Waals surface area (Å²) in [6.45, 7) is 4.22. The average Bonchev–Trinajstić information content (AvgIpc) is 2.85. The highest BCUT2D eigenvalue weighted by Gasteiger charge is 2.07. The number of carbonyl (C=O) groups is 1. The number of carboxylic acid groups (broad SMARTS) is 1. The summed E-state index contributed by atoms with van der Waals surface area (Å²) in [5.41, 5.74) is 1.46. The lowest BCUT2D eigenvalue weighted by atomic mass is 10.2. The molecule has 4 nitrogen and oxygen atoms in total. The number of thioether (sulfide) groups is 1. The van der Waals surface area contributed by atoms with Gasteiger partial charge < -0.3 is 9.67 Å². The van der Waals surface area contributed by atoms with Crippen LogP contribution in [-0.4, -0.2) is 20.6 Å². The van der Waals surface area contributed by atoms with Crippen molar-refractivity contribution < 1.29 is 9.90 Å². The van der Waals surface area contributed by atoms with Gasteiger partial charge in [0.25, 0.3) is 0 Å². The second kappa shape index (κ2) is 5.93. The third kappa shape index (κ3) is 3.38. The highest BCUT2D eigenvalue weighted by atomic mass is 32.2. The van der Waals surface area contributed by atoms with E-state index in [1.807, 2.05) is 18.6 Å². The standard InChI is InChI=1S/C14H16N2O2S/c1-10(2)16-9-15-7-12(16)8-19-13-5-3-4-11(6-13)14(17)18/h3-7,9-10H,8H2,1-2H3,(H,17,18). The number of nitrogens with zero attached hydrogens (tertiary/aromatic N) is 2. The van der Waals surface area contributed by atoms with Crippen LogP contribution in [0.4, 0.5) is 0 Å². The molecule has 0 aliphatic rings. The molecule has 0 bridgehead atoms. The summed E-state index contributed by atoms with van der Waals surface area (Å²) in [6, 6.07) is 7.37. The Morgan fingerprint density at radius 2 is 2.26 bits per heavy atom. The van der Waals surface area contributed by atoms with E-state index in [1.165, 1.54) is 0 Å². The molecule has 2 aromatic rings. The maximum atomic E-state index is 10.9. The molecule has 0 unspecified atom stereocenters. The molecule has 0 atom stereocenters. The van der Waals surface area contributed by atoms with Gasteiger partial charge in [-0.15, -0.1) is 11.8 Å². The molecule has 0 saturated heterocycles. The molecule has 1 heterocycles. The van der Waals surface area contributed by atoms with Crippen molar-refractivity contribution in [2.45, 2.75) is 30.5 Å². The predicted octanol–water partition coefficient (Wildman–Crippen LogP) is 3.45. The zero-order valence-electron chi connectivity index (χ0n) is 10.9. The lowest BCUT2D eigenvalue weighted by molar-refractivity contribution is 0.0696. The molecule has 0 saturated carbocycles. The highest BCUT2D eigenvalue weighted by Crippen LogP contribution is 2.24. The fourth-order valence-corrected chi connectivity index (χ4v) is 2.71. The molecule has 100 valence electrons. The van der Waals surface area contributed by atoms with Crippen LogP contribution in [0.25, 0.3) is 0 Å². The zero-order valence-corrected chi connectivity index (χ0v) is 11.7. The first-order valence-corrected chi connectivity index (χ1v) is 7.03. The van der Waals surface area contributed by atoms with Gasteiger partial charge >= 0.3 is 5.97 Å². The summed E-state index contributed by atoms with van der Waals surface area (Å²) in [5.74, 6) is -0.115. The van der Waals surface area contributed by atoms with Gasteiger partial charge in [0.2, 0.25) is 0 Å². The minimum atomic E-state index is -0.894. The minimum absolute atomic E-state index is 0.322. The third-order valence-corrected chi connectivity index (χ3v) is 3.80. The van der Waals surface area contributed by atoms with E-state index in [0.29, 0.717) is 11.6 Å². The summed E-state index contributed by atoms with van der Waals surface area (Å²) in [4.78, 5) is 16.0. The summed E-state index contributed by atoms with van der Waals surface area (Å²) in [7, 11) is 0.